The summed E-state index contributed by atoms with van der Waals surface area (Å²) >= 11 is 6.02. The Morgan fingerprint density at radius 2 is 2.00 bits per heavy atom. The first kappa shape index (κ1) is 17.8. The molecule has 0 bridgehead atoms. The van der Waals surface area contributed by atoms with Crippen LogP contribution in [0.25, 0.3) is 0 Å². The van der Waals surface area contributed by atoms with Gasteiger partial charge in [-0.1, -0.05) is 24.6 Å². The molecule has 0 saturated carbocycles. The number of carbonyl (C=O) groups is 2. The molecular formula is C17H23ClN2O3. The van der Waals surface area contributed by atoms with E-state index in [0.29, 0.717) is 23.8 Å². The molecule has 2 amide bonds. The van der Waals surface area contributed by atoms with Crippen LogP contribution in [0.3, 0.4) is 0 Å². The van der Waals surface area contributed by atoms with E-state index in [9.17, 15) is 14.7 Å². The molecule has 1 aromatic rings. The van der Waals surface area contributed by atoms with Crippen molar-refractivity contribution in [3.05, 3.63) is 28.8 Å². The summed E-state index contributed by atoms with van der Waals surface area (Å²) in [7, 11) is 0. The number of halogens is 1. The van der Waals surface area contributed by atoms with Crippen LogP contribution in [-0.2, 0) is 9.59 Å². The molecule has 0 atom stereocenters. The van der Waals surface area contributed by atoms with Gasteiger partial charge in [-0.2, -0.15) is 0 Å². The van der Waals surface area contributed by atoms with Gasteiger partial charge in [-0.25, -0.2) is 0 Å². The molecule has 0 spiro atoms. The first-order valence-electron chi connectivity index (χ1n) is 7.88. The molecule has 1 heterocycles. The van der Waals surface area contributed by atoms with Gasteiger partial charge in [0.15, 0.2) is 0 Å². The van der Waals surface area contributed by atoms with Crippen molar-refractivity contribution >= 4 is 29.1 Å². The molecule has 2 N–H and O–H groups in total. The SMILES string of the molecule is CCC1(CO)CCN(C(=O)C(=O)Nc2cccc(Cl)c2C)CC1. The van der Waals surface area contributed by atoms with Gasteiger partial charge < -0.3 is 15.3 Å². The predicted octanol–water partition coefficient (Wildman–Crippen LogP) is 2.60. The summed E-state index contributed by atoms with van der Waals surface area (Å²) in [4.78, 5) is 26.0. The van der Waals surface area contributed by atoms with Crippen LogP contribution in [0, 0.1) is 12.3 Å². The van der Waals surface area contributed by atoms with E-state index in [4.69, 9.17) is 11.6 Å². The number of aliphatic hydroxyl groups is 1. The average Bonchev–Trinajstić information content (AvgIpc) is 2.58. The van der Waals surface area contributed by atoms with Gasteiger partial charge in [-0.3, -0.25) is 9.59 Å². The number of hydrogen-bond donors (Lipinski definition) is 2. The molecule has 1 aromatic carbocycles. The van der Waals surface area contributed by atoms with E-state index in [1.807, 2.05) is 6.92 Å². The lowest BCUT2D eigenvalue weighted by Crippen LogP contribution is -2.48. The van der Waals surface area contributed by atoms with Gasteiger partial charge in [0.1, 0.15) is 0 Å². The second-order valence-corrected chi connectivity index (χ2v) is 6.58. The number of rotatable bonds is 3. The van der Waals surface area contributed by atoms with Crippen LogP contribution in [0.15, 0.2) is 18.2 Å². The van der Waals surface area contributed by atoms with Gasteiger partial charge in [0.2, 0.25) is 0 Å². The molecule has 5 nitrogen and oxygen atoms in total. The Morgan fingerprint density at radius 3 is 2.57 bits per heavy atom. The van der Waals surface area contributed by atoms with E-state index in [1.54, 1.807) is 30.0 Å². The van der Waals surface area contributed by atoms with Gasteiger partial charge in [0, 0.05) is 30.4 Å². The van der Waals surface area contributed by atoms with Crippen molar-refractivity contribution in [1.29, 1.82) is 0 Å². The van der Waals surface area contributed by atoms with E-state index >= 15 is 0 Å². The molecule has 1 aliphatic rings. The predicted molar refractivity (Wildman–Crippen MR) is 90.4 cm³/mol. The van der Waals surface area contributed by atoms with E-state index in [0.717, 1.165) is 24.8 Å². The molecule has 23 heavy (non-hydrogen) atoms. The summed E-state index contributed by atoms with van der Waals surface area (Å²) in [5.41, 5.74) is 1.17. The second-order valence-electron chi connectivity index (χ2n) is 6.17. The Balaban J connectivity index is 1.99. The van der Waals surface area contributed by atoms with Crippen LogP contribution in [0.5, 0.6) is 0 Å². The number of aliphatic hydroxyl groups excluding tert-OH is 1. The molecule has 0 aromatic heterocycles. The third kappa shape index (κ3) is 3.85. The fourth-order valence-electron chi connectivity index (χ4n) is 2.87. The Hall–Kier alpha value is -1.59. The summed E-state index contributed by atoms with van der Waals surface area (Å²) in [5, 5.41) is 12.7. The molecule has 0 unspecified atom stereocenters. The van der Waals surface area contributed by atoms with Gasteiger partial charge in [0.25, 0.3) is 0 Å². The molecule has 126 valence electrons. The largest absolute Gasteiger partial charge is 0.396 e. The minimum absolute atomic E-state index is 0.114. The number of carbonyl (C=O) groups excluding carboxylic acids is 2. The molecule has 1 aliphatic heterocycles. The average molecular weight is 339 g/mol. The van der Waals surface area contributed by atoms with Crippen molar-refractivity contribution in [2.24, 2.45) is 5.41 Å². The number of likely N-dealkylation sites (tertiary alicyclic amines) is 1. The third-order valence-corrected chi connectivity index (χ3v) is 5.32. The highest BCUT2D eigenvalue weighted by molar-refractivity contribution is 6.40. The van der Waals surface area contributed by atoms with Crippen LogP contribution in [0.2, 0.25) is 5.02 Å². The second kappa shape index (κ2) is 7.32. The maximum Gasteiger partial charge on any atom is 0.313 e. The van der Waals surface area contributed by atoms with Crippen molar-refractivity contribution in [3.8, 4) is 0 Å². The zero-order valence-corrected chi connectivity index (χ0v) is 14.3. The summed E-state index contributed by atoms with van der Waals surface area (Å²) < 4.78 is 0. The first-order chi connectivity index (χ1) is 10.9. The van der Waals surface area contributed by atoms with Gasteiger partial charge in [-0.15, -0.1) is 0 Å². The fraction of sp³-hybridized carbons (Fsp3) is 0.529. The van der Waals surface area contributed by atoms with Crippen molar-refractivity contribution in [2.75, 3.05) is 25.0 Å². The molecule has 6 heteroatoms. The zero-order chi connectivity index (χ0) is 17.0. The van der Waals surface area contributed by atoms with Crippen molar-refractivity contribution in [2.45, 2.75) is 33.1 Å². The normalized spacial score (nSPS) is 17.0. The molecular weight excluding hydrogens is 316 g/mol. The maximum absolute atomic E-state index is 12.3. The highest BCUT2D eigenvalue weighted by Gasteiger charge is 2.35. The summed E-state index contributed by atoms with van der Waals surface area (Å²) in [6.45, 7) is 4.95. The third-order valence-electron chi connectivity index (χ3n) is 4.91. The number of piperidine rings is 1. The zero-order valence-electron chi connectivity index (χ0n) is 13.6. The molecule has 0 radical (unpaired) electrons. The number of hydrogen-bond acceptors (Lipinski definition) is 3. The molecule has 1 fully saturated rings. The number of amides is 2. The van der Waals surface area contributed by atoms with Crippen molar-refractivity contribution in [1.82, 2.24) is 4.90 Å². The minimum atomic E-state index is -0.650. The van der Waals surface area contributed by atoms with Crippen LogP contribution in [0.1, 0.15) is 31.7 Å². The van der Waals surface area contributed by atoms with E-state index in [-0.39, 0.29) is 12.0 Å². The highest BCUT2D eigenvalue weighted by Crippen LogP contribution is 2.34. The van der Waals surface area contributed by atoms with E-state index in [1.165, 1.54) is 0 Å². The van der Waals surface area contributed by atoms with Crippen molar-refractivity contribution < 1.29 is 14.7 Å². The Kier molecular flexibility index (Phi) is 5.65. The van der Waals surface area contributed by atoms with Crippen molar-refractivity contribution in [3.63, 3.8) is 0 Å². The Bertz CT molecular complexity index is 590. The highest BCUT2D eigenvalue weighted by atomic mass is 35.5. The lowest BCUT2D eigenvalue weighted by Gasteiger charge is -2.39. The van der Waals surface area contributed by atoms with Crippen LogP contribution in [-0.4, -0.2) is 41.5 Å². The summed E-state index contributed by atoms with van der Waals surface area (Å²) in [5.74, 6) is -1.18. The quantitative estimate of drug-likeness (QED) is 0.832. The Labute approximate surface area is 141 Å². The van der Waals surface area contributed by atoms with Gasteiger partial charge in [-0.05, 0) is 49.3 Å². The minimum Gasteiger partial charge on any atom is -0.396 e. The first-order valence-corrected chi connectivity index (χ1v) is 8.26. The number of nitrogens with one attached hydrogen (secondary N) is 1. The summed E-state index contributed by atoms with van der Waals surface area (Å²) in [6, 6.07) is 5.18. The van der Waals surface area contributed by atoms with Gasteiger partial charge >= 0.3 is 11.8 Å². The standard InChI is InChI=1S/C17H23ClN2O3/c1-3-17(11-21)7-9-20(10-8-17)16(23)15(22)19-14-6-4-5-13(18)12(14)2/h4-6,21H,3,7-11H2,1-2H3,(H,19,22). The molecule has 1 saturated heterocycles. The number of benzene rings is 1. The molecule has 0 aliphatic carbocycles. The van der Waals surface area contributed by atoms with Gasteiger partial charge in [0.05, 0.1) is 0 Å². The lowest BCUT2D eigenvalue weighted by molar-refractivity contribution is -0.145. The monoisotopic (exact) mass is 338 g/mol. The maximum atomic E-state index is 12.3. The Morgan fingerprint density at radius 1 is 1.35 bits per heavy atom. The van der Waals surface area contributed by atoms with Crippen LogP contribution < -0.4 is 5.32 Å². The fourth-order valence-corrected chi connectivity index (χ4v) is 3.04. The van der Waals surface area contributed by atoms with E-state index in [2.05, 4.69) is 5.32 Å². The van der Waals surface area contributed by atoms with Crippen LogP contribution >= 0.6 is 11.6 Å². The van der Waals surface area contributed by atoms with Crippen LogP contribution in [0.4, 0.5) is 5.69 Å². The number of nitrogens with zero attached hydrogens (tertiary/aromatic N) is 1. The molecule has 2 rings (SSSR count). The smallest absolute Gasteiger partial charge is 0.313 e. The van der Waals surface area contributed by atoms with E-state index < -0.39 is 11.8 Å². The number of anilines is 1. The topological polar surface area (TPSA) is 69.6 Å². The summed E-state index contributed by atoms with van der Waals surface area (Å²) in [6.07, 6.45) is 2.31. The lowest BCUT2D eigenvalue weighted by atomic mass is 9.77.